The van der Waals surface area contributed by atoms with Gasteiger partial charge in [0.15, 0.2) is 5.76 Å². The molecule has 4 rings (SSSR count). The van der Waals surface area contributed by atoms with Gasteiger partial charge in [-0.05, 0) is 67.1 Å². The van der Waals surface area contributed by atoms with Crippen LogP contribution in [0.1, 0.15) is 27.3 Å². The molecule has 2 amide bonds. The van der Waals surface area contributed by atoms with Crippen molar-refractivity contribution in [2.75, 3.05) is 31.5 Å². The summed E-state index contributed by atoms with van der Waals surface area (Å²) in [4.78, 5) is 26.6. The van der Waals surface area contributed by atoms with Crippen LogP contribution in [0.4, 0.5) is 10.1 Å². The standard InChI is InChI=1S/C23H22FN3O5S/c24-18-6-10-20(11-7-18)33(30,31)27-13-2-12-26(14-15-27)23(29)17-4-8-19(9-5-17)25-22(28)21-3-1-16-32-21/h1,3-11,16H,2,12-15H2,(H,25,28). The summed E-state index contributed by atoms with van der Waals surface area (Å²) >= 11 is 0. The number of benzene rings is 2. The van der Waals surface area contributed by atoms with Gasteiger partial charge >= 0.3 is 0 Å². The van der Waals surface area contributed by atoms with E-state index >= 15 is 0 Å². The van der Waals surface area contributed by atoms with E-state index in [0.717, 1.165) is 12.1 Å². The van der Waals surface area contributed by atoms with Gasteiger partial charge in [-0.25, -0.2) is 12.8 Å². The number of carbonyl (C=O) groups is 2. The third-order valence-corrected chi connectivity index (χ3v) is 7.24. The van der Waals surface area contributed by atoms with Crippen molar-refractivity contribution in [2.45, 2.75) is 11.3 Å². The Morgan fingerprint density at radius 3 is 2.30 bits per heavy atom. The van der Waals surface area contributed by atoms with Gasteiger partial charge in [-0.2, -0.15) is 4.31 Å². The SMILES string of the molecule is O=C(Nc1ccc(C(=O)N2CCCN(S(=O)(=O)c3ccc(F)cc3)CC2)cc1)c1ccco1. The number of nitrogens with zero attached hydrogens (tertiary/aromatic N) is 2. The maximum atomic E-state index is 13.2. The Kier molecular flexibility index (Phi) is 6.57. The van der Waals surface area contributed by atoms with Crippen LogP contribution in [0.2, 0.25) is 0 Å². The molecule has 33 heavy (non-hydrogen) atoms. The van der Waals surface area contributed by atoms with Crippen molar-refractivity contribution in [1.82, 2.24) is 9.21 Å². The molecule has 172 valence electrons. The number of carbonyl (C=O) groups excluding carboxylic acids is 2. The molecule has 0 atom stereocenters. The first kappa shape index (κ1) is 22.7. The Morgan fingerprint density at radius 1 is 0.909 bits per heavy atom. The summed E-state index contributed by atoms with van der Waals surface area (Å²) in [6.07, 6.45) is 1.88. The highest BCUT2D eigenvalue weighted by atomic mass is 32.2. The molecule has 1 fully saturated rings. The topological polar surface area (TPSA) is 99.9 Å². The van der Waals surface area contributed by atoms with Crippen LogP contribution in [0, 0.1) is 5.82 Å². The highest BCUT2D eigenvalue weighted by Gasteiger charge is 2.28. The van der Waals surface area contributed by atoms with Crippen LogP contribution >= 0.6 is 0 Å². The van der Waals surface area contributed by atoms with Crippen LogP contribution in [-0.4, -0.2) is 55.6 Å². The average molecular weight is 472 g/mol. The van der Waals surface area contributed by atoms with E-state index in [4.69, 9.17) is 4.42 Å². The molecule has 2 heterocycles. The summed E-state index contributed by atoms with van der Waals surface area (Å²) in [7, 11) is -3.77. The molecular weight excluding hydrogens is 449 g/mol. The molecule has 0 saturated carbocycles. The Bertz CT molecular complexity index is 1230. The number of halogens is 1. The van der Waals surface area contributed by atoms with E-state index < -0.39 is 21.7 Å². The zero-order valence-electron chi connectivity index (χ0n) is 17.6. The highest BCUT2D eigenvalue weighted by Crippen LogP contribution is 2.20. The monoisotopic (exact) mass is 471 g/mol. The van der Waals surface area contributed by atoms with E-state index in [1.807, 2.05) is 0 Å². The maximum absolute atomic E-state index is 13.2. The number of anilines is 1. The summed E-state index contributed by atoms with van der Waals surface area (Å²) in [5, 5.41) is 2.69. The molecule has 0 radical (unpaired) electrons. The highest BCUT2D eigenvalue weighted by molar-refractivity contribution is 7.89. The summed E-state index contributed by atoms with van der Waals surface area (Å²) < 4.78 is 45.3. The van der Waals surface area contributed by atoms with Crippen molar-refractivity contribution in [3.63, 3.8) is 0 Å². The third-order valence-electron chi connectivity index (χ3n) is 5.33. The Morgan fingerprint density at radius 2 is 1.64 bits per heavy atom. The molecule has 0 aliphatic carbocycles. The number of amides is 2. The number of hydrogen-bond donors (Lipinski definition) is 1. The smallest absolute Gasteiger partial charge is 0.291 e. The van der Waals surface area contributed by atoms with Gasteiger partial charge in [0.1, 0.15) is 5.82 Å². The predicted molar refractivity (Wildman–Crippen MR) is 119 cm³/mol. The lowest BCUT2D eigenvalue weighted by Crippen LogP contribution is -2.37. The van der Waals surface area contributed by atoms with E-state index in [0.29, 0.717) is 24.2 Å². The first-order chi connectivity index (χ1) is 15.8. The molecule has 0 spiro atoms. The van der Waals surface area contributed by atoms with E-state index in [1.165, 1.54) is 22.7 Å². The summed E-state index contributed by atoms with van der Waals surface area (Å²) in [5.41, 5.74) is 0.946. The maximum Gasteiger partial charge on any atom is 0.291 e. The molecule has 2 aromatic carbocycles. The lowest BCUT2D eigenvalue weighted by atomic mass is 10.1. The van der Waals surface area contributed by atoms with Crippen molar-refractivity contribution in [1.29, 1.82) is 0 Å². The van der Waals surface area contributed by atoms with Gasteiger partial charge in [0.25, 0.3) is 11.8 Å². The van der Waals surface area contributed by atoms with Crippen LogP contribution in [-0.2, 0) is 10.0 Å². The van der Waals surface area contributed by atoms with E-state index in [9.17, 15) is 22.4 Å². The molecule has 3 aromatic rings. The summed E-state index contributed by atoms with van der Waals surface area (Å²) in [6.45, 7) is 1.05. The van der Waals surface area contributed by atoms with Gasteiger partial charge in [-0.1, -0.05) is 0 Å². The molecule has 1 N–H and O–H groups in total. The van der Waals surface area contributed by atoms with Crippen molar-refractivity contribution in [3.8, 4) is 0 Å². The van der Waals surface area contributed by atoms with E-state index in [2.05, 4.69) is 5.32 Å². The van der Waals surface area contributed by atoms with E-state index in [1.54, 1.807) is 41.3 Å². The van der Waals surface area contributed by atoms with Crippen LogP contribution in [0.15, 0.2) is 76.2 Å². The zero-order chi connectivity index (χ0) is 23.4. The van der Waals surface area contributed by atoms with Crippen molar-refractivity contribution in [3.05, 3.63) is 84.1 Å². The molecule has 0 bridgehead atoms. The summed E-state index contributed by atoms with van der Waals surface area (Å²) in [6, 6.07) is 14.3. The first-order valence-corrected chi connectivity index (χ1v) is 11.8. The molecule has 1 aromatic heterocycles. The summed E-state index contributed by atoms with van der Waals surface area (Å²) in [5.74, 6) is -0.943. The van der Waals surface area contributed by atoms with Crippen LogP contribution in [0.25, 0.3) is 0 Å². The van der Waals surface area contributed by atoms with Gasteiger partial charge in [0.05, 0.1) is 11.2 Å². The lowest BCUT2D eigenvalue weighted by molar-refractivity contribution is 0.0764. The number of hydrogen-bond acceptors (Lipinski definition) is 5. The molecule has 1 saturated heterocycles. The molecular formula is C23H22FN3O5S. The molecule has 10 heteroatoms. The minimum absolute atomic E-state index is 0.0239. The number of furan rings is 1. The minimum Gasteiger partial charge on any atom is -0.459 e. The number of sulfonamides is 1. The molecule has 0 unspecified atom stereocenters. The second kappa shape index (κ2) is 9.55. The normalized spacial score (nSPS) is 15.1. The van der Waals surface area contributed by atoms with E-state index in [-0.39, 0.29) is 36.2 Å². The minimum atomic E-state index is -3.77. The first-order valence-electron chi connectivity index (χ1n) is 10.3. The molecule has 1 aliphatic rings. The fourth-order valence-electron chi connectivity index (χ4n) is 3.57. The van der Waals surface area contributed by atoms with Gasteiger partial charge in [-0.3, -0.25) is 9.59 Å². The third kappa shape index (κ3) is 5.12. The predicted octanol–water partition coefficient (Wildman–Crippen LogP) is 3.21. The zero-order valence-corrected chi connectivity index (χ0v) is 18.4. The van der Waals surface area contributed by atoms with Gasteiger partial charge in [0, 0.05) is 37.4 Å². The van der Waals surface area contributed by atoms with Crippen LogP contribution < -0.4 is 5.32 Å². The van der Waals surface area contributed by atoms with Gasteiger partial charge in [-0.15, -0.1) is 0 Å². The Labute approximate surface area is 190 Å². The molecule has 8 nitrogen and oxygen atoms in total. The second-order valence-electron chi connectivity index (χ2n) is 7.51. The number of rotatable bonds is 5. The van der Waals surface area contributed by atoms with Crippen molar-refractivity contribution in [2.24, 2.45) is 0 Å². The van der Waals surface area contributed by atoms with Crippen LogP contribution in [0.3, 0.4) is 0 Å². The average Bonchev–Trinajstić information content (AvgIpc) is 3.24. The fourth-order valence-corrected chi connectivity index (χ4v) is 5.04. The fraction of sp³-hybridized carbons (Fsp3) is 0.217. The van der Waals surface area contributed by atoms with Gasteiger partial charge < -0.3 is 14.6 Å². The van der Waals surface area contributed by atoms with Gasteiger partial charge in [0.2, 0.25) is 10.0 Å². The Balaban J connectivity index is 1.39. The van der Waals surface area contributed by atoms with Crippen LogP contribution in [0.5, 0.6) is 0 Å². The largest absolute Gasteiger partial charge is 0.459 e. The number of nitrogens with one attached hydrogen (secondary N) is 1. The molecule has 1 aliphatic heterocycles. The lowest BCUT2D eigenvalue weighted by Gasteiger charge is -2.22. The van der Waals surface area contributed by atoms with Crippen molar-refractivity contribution < 1.29 is 26.8 Å². The van der Waals surface area contributed by atoms with Crippen molar-refractivity contribution >= 4 is 27.5 Å². The second-order valence-corrected chi connectivity index (χ2v) is 9.45. The quantitative estimate of drug-likeness (QED) is 0.616. The Hall–Kier alpha value is -3.50.